The van der Waals surface area contributed by atoms with Gasteiger partial charge < -0.3 is 10.6 Å². The quantitative estimate of drug-likeness (QED) is 0.593. The van der Waals surface area contributed by atoms with Crippen LogP contribution in [0.25, 0.3) is 0 Å². The van der Waals surface area contributed by atoms with Crippen LogP contribution in [-0.4, -0.2) is 17.4 Å². The van der Waals surface area contributed by atoms with Gasteiger partial charge in [-0.05, 0) is 54.4 Å². The number of anilines is 2. The van der Waals surface area contributed by atoms with E-state index in [-0.39, 0.29) is 5.91 Å². The van der Waals surface area contributed by atoms with Gasteiger partial charge in [-0.15, -0.1) is 0 Å². The van der Waals surface area contributed by atoms with E-state index in [9.17, 15) is 18.0 Å². The molecule has 0 fully saturated rings. The first kappa shape index (κ1) is 19.3. The molecule has 0 atom stereocenters. The topological polar surface area (TPSA) is 54.0 Å². The number of amides is 1. The average Bonchev–Trinajstić information content (AvgIpc) is 3.16. The van der Waals surface area contributed by atoms with Gasteiger partial charge in [0.2, 0.25) is 0 Å². The summed E-state index contributed by atoms with van der Waals surface area (Å²) in [5, 5.41) is 6.01. The standard InChI is InChI=1S/C21H16F3N3OS/c22-21(23,24)13-3-1-4-14(11-13)29-15-7-9-26-19(12-15)27-20(28)17-5-2-6-18-16(17)8-10-25-18/h1-7,9,11-12,25H,8,10H2,(H,26,27,28). The SMILES string of the molecule is O=C(Nc1cc(Sc2cccc(C(F)(F)F)c2)ccn1)c1cccc2c1CCN2. The number of benzene rings is 2. The fraction of sp³-hybridized carbons (Fsp3) is 0.143. The highest BCUT2D eigenvalue weighted by Gasteiger charge is 2.30. The summed E-state index contributed by atoms with van der Waals surface area (Å²) in [6.45, 7) is 0.793. The third kappa shape index (κ3) is 4.37. The summed E-state index contributed by atoms with van der Waals surface area (Å²) in [6, 6.07) is 14.0. The maximum absolute atomic E-state index is 12.9. The zero-order valence-corrected chi connectivity index (χ0v) is 15.9. The van der Waals surface area contributed by atoms with Crippen LogP contribution in [0.15, 0.2) is 70.6 Å². The number of nitrogens with one attached hydrogen (secondary N) is 2. The molecule has 8 heteroatoms. The second kappa shape index (κ2) is 7.79. The number of carbonyl (C=O) groups is 1. The van der Waals surface area contributed by atoms with E-state index < -0.39 is 11.7 Å². The second-order valence-corrected chi connectivity index (χ2v) is 7.61. The van der Waals surface area contributed by atoms with Crippen LogP contribution in [-0.2, 0) is 12.6 Å². The van der Waals surface area contributed by atoms with E-state index in [2.05, 4.69) is 15.6 Å². The van der Waals surface area contributed by atoms with Gasteiger partial charge in [0.15, 0.2) is 0 Å². The molecule has 2 heterocycles. The molecule has 29 heavy (non-hydrogen) atoms. The van der Waals surface area contributed by atoms with Crippen molar-refractivity contribution in [3.05, 3.63) is 77.5 Å². The number of pyridine rings is 1. The van der Waals surface area contributed by atoms with Gasteiger partial charge in [-0.25, -0.2) is 4.98 Å². The van der Waals surface area contributed by atoms with Gasteiger partial charge in [0.05, 0.1) is 5.56 Å². The molecule has 4 rings (SSSR count). The molecule has 1 aromatic heterocycles. The van der Waals surface area contributed by atoms with Crippen molar-refractivity contribution in [3.8, 4) is 0 Å². The van der Waals surface area contributed by atoms with Gasteiger partial charge >= 0.3 is 6.18 Å². The van der Waals surface area contributed by atoms with E-state index in [1.54, 1.807) is 24.3 Å². The van der Waals surface area contributed by atoms with Crippen LogP contribution in [0.4, 0.5) is 24.7 Å². The molecule has 0 spiro atoms. The lowest BCUT2D eigenvalue weighted by molar-refractivity contribution is -0.137. The van der Waals surface area contributed by atoms with Gasteiger partial charge in [0, 0.05) is 33.8 Å². The molecule has 0 saturated heterocycles. The number of hydrogen-bond donors (Lipinski definition) is 2. The number of hydrogen-bond acceptors (Lipinski definition) is 4. The van der Waals surface area contributed by atoms with Gasteiger partial charge in [-0.3, -0.25) is 4.79 Å². The highest BCUT2D eigenvalue weighted by Crippen LogP contribution is 2.35. The third-order valence-corrected chi connectivity index (χ3v) is 5.46. The van der Waals surface area contributed by atoms with Crippen LogP contribution in [0.3, 0.4) is 0 Å². The van der Waals surface area contributed by atoms with Crippen molar-refractivity contribution in [2.45, 2.75) is 22.4 Å². The minimum Gasteiger partial charge on any atom is -0.384 e. The minimum absolute atomic E-state index is 0.265. The Hall–Kier alpha value is -3.00. The van der Waals surface area contributed by atoms with E-state index in [4.69, 9.17) is 0 Å². The van der Waals surface area contributed by atoms with Crippen molar-refractivity contribution in [1.82, 2.24) is 4.98 Å². The van der Waals surface area contributed by atoms with Crippen LogP contribution in [0.2, 0.25) is 0 Å². The van der Waals surface area contributed by atoms with Crippen LogP contribution in [0, 0.1) is 0 Å². The molecule has 2 N–H and O–H groups in total. The van der Waals surface area contributed by atoms with E-state index in [1.807, 2.05) is 12.1 Å². The summed E-state index contributed by atoms with van der Waals surface area (Å²) in [7, 11) is 0. The molecule has 1 aliphatic rings. The lowest BCUT2D eigenvalue weighted by atomic mass is 10.0. The Morgan fingerprint density at radius 2 is 1.86 bits per heavy atom. The lowest BCUT2D eigenvalue weighted by Gasteiger charge is -2.10. The zero-order chi connectivity index (χ0) is 20.4. The van der Waals surface area contributed by atoms with Crippen molar-refractivity contribution in [2.75, 3.05) is 17.2 Å². The lowest BCUT2D eigenvalue weighted by Crippen LogP contribution is -2.14. The molecule has 2 aromatic carbocycles. The molecule has 0 radical (unpaired) electrons. The summed E-state index contributed by atoms with van der Waals surface area (Å²) in [4.78, 5) is 18.0. The Balaban J connectivity index is 1.51. The monoisotopic (exact) mass is 415 g/mol. The Bertz CT molecular complexity index is 1070. The first-order chi connectivity index (χ1) is 13.9. The molecule has 3 aromatic rings. The first-order valence-corrected chi connectivity index (χ1v) is 9.70. The third-order valence-electron chi connectivity index (χ3n) is 4.48. The summed E-state index contributed by atoms with van der Waals surface area (Å²) in [5.74, 6) is 0.0785. The highest BCUT2D eigenvalue weighted by molar-refractivity contribution is 7.99. The normalized spacial score (nSPS) is 12.9. The molecule has 0 unspecified atom stereocenters. The summed E-state index contributed by atoms with van der Waals surface area (Å²) >= 11 is 1.17. The summed E-state index contributed by atoms with van der Waals surface area (Å²) < 4.78 is 38.7. The summed E-state index contributed by atoms with van der Waals surface area (Å²) in [6.07, 6.45) is -2.10. The van der Waals surface area contributed by atoms with E-state index in [1.165, 1.54) is 24.0 Å². The number of rotatable bonds is 4. The maximum atomic E-state index is 12.9. The Labute approximate surface area is 169 Å². The van der Waals surface area contributed by atoms with Crippen molar-refractivity contribution in [3.63, 3.8) is 0 Å². The Morgan fingerprint density at radius 1 is 1.07 bits per heavy atom. The molecular formula is C21H16F3N3OS. The largest absolute Gasteiger partial charge is 0.416 e. The van der Waals surface area contributed by atoms with Gasteiger partial charge in [-0.2, -0.15) is 13.2 Å². The zero-order valence-electron chi connectivity index (χ0n) is 15.1. The van der Waals surface area contributed by atoms with E-state index >= 15 is 0 Å². The molecule has 0 aliphatic carbocycles. The fourth-order valence-corrected chi connectivity index (χ4v) is 4.06. The van der Waals surface area contributed by atoms with Crippen molar-refractivity contribution < 1.29 is 18.0 Å². The average molecular weight is 415 g/mol. The Morgan fingerprint density at radius 3 is 2.69 bits per heavy atom. The number of halogens is 3. The fourth-order valence-electron chi connectivity index (χ4n) is 3.16. The highest BCUT2D eigenvalue weighted by atomic mass is 32.2. The van der Waals surface area contributed by atoms with Gasteiger partial charge in [-0.1, -0.05) is 23.9 Å². The van der Waals surface area contributed by atoms with Crippen molar-refractivity contribution in [2.24, 2.45) is 0 Å². The molecule has 148 valence electrons. The molecule has 0 saturated carbocycles. The van der Waals surface area contributed by atoms with Crippen LogP contribution in [0.1, 0.15) is 21.5 Å². The smallest absolute Gasteiger partial charge is 0.384 e. The van der Waals surface area contributed by atoms with Crippen LogP contribution < -0.4 is 10.6 Å². The van der Waals surface area contributed by atoms with Crippen LogP contribution in [0.5, 0.6) is 0 Å². The second-order valence-electron chi connectivity index (χ2n) is 6.47. The maximum Gasteiger partial charge on any atom is 0.416 e. The van der Waals surface area contributed by atoms with Gasteiger partial charge in [0.25, 0.3) is 5.91 Å². The predicted octanol–water partition coefficient (Wildman–Crippen LogP) is 5.47. The van der Waals surface area contributed by atoms with E-state index in [0.29, 0.717) is 21.2 Å². The molecule has 0 bridgehead atoms. The molecule has 1 amide bonds. The molecule has 1 aliphatic heterocycles. The molecule has 4 nitrogen and oxygen atoms in total. The predicted molar refractivity (Wildman–Crippen MR) is 106 cm³/mol. The minimum atomic E-state index is -4.39. The number of fused-ring (bicyclic) bond motifs is 1. The number of aromatic nitrogens is 1. The Kier molecular flexibility index (Phi) is 5.19. The van der Waals surface area contributed by atoms with Gasteiger partial charge in [0.1, 0.15) is 5.82 Å². The number of alkyl halides is 3. The summed E-state index contributed by atoms with van der Waals surface area (Å²) in [5.41, 5.74) is 1.82. The van der Waals surface area contributed by atoms with Crippen molar-refractivity contribution >= 4 is 29.2 Å². The molecular weight excluding hydrogens is 399 g/mol. The number of nitrogens with zero attached hydrogens (tertiary/aromatic N) is 1. The first-order valence-electron chi connectivity index (χ1n) is 8.88. The van der Waals surface area contributed by atoms with Crippen LogP contribution >= 0.6 is 11.8 Å². The van der Waals surface area contributed by atoms with E-state index in [0.717, 1.165) is 36.3 Å². The van der Waals surface area contributed by atoms with Crippen molar-refractivity contribution in [1.29, 1.82) is 0 Å². The number of carbonyl (C=O) groups excluding carboxylic acids is 1.